The monoisotopic (exact) mass is 449 g/mol. The summed E-state index contributed by atoms with van der Waals surface area (Å²) in [5.41, 5.74) is 1.32. The van der Waals surface area contributed by atoms with E-state index >= 15 is 0 Å². The molecule has 0 saturated heterocycles. The van der Waals surface area contributed by atoms with Crippen LogP contribution in [-0.4, -0.2) is 18.2 Å². The van der Waals surface area contributed by atoms with E-state index in [2.05, 4.69) is 9.82 Å². The Hall–Kier alpha value is -2.32. The van der Waals surface area contributed by atoms with E-state index in [1.807, 2.05) is 47.8 Å². The fraction of sp³-hybridized carbons (Fsp3) is 0. The van der Waals surface area contributed by atoms with E-state index in [-0.39, 0.29) is 15.6 Å². The maximum Gasteiger partial charge on any atom is 0.265 e. The zero-order chi connectivity index (χ0) is 19.7. The van der Waals surface area contributed by atoms with Gasteiger partial charge >= 0.3 is 0 Å². The number of nitrogens with zero attached hydrogens (tertiary/aromatic N) is 2. The van der Waals surface area contributed by atoms with Crippen LogP contribution >= 0.6 is 34.5 Å². The van der Waals surface area contributed by atoms with Crippen molar-refractivity contribution in [3.63, 3.8) is 0 Å². The highest BCUT2D eigenvalue weighted by Crippen LogP contribution is 2.33. The van der Waals surface area contributed by atoms with Crippen LogP contribution in [0.3, 0.4) is 0 Å². The van der Waals surface area contributed by atoms with E-state index in [1.165, 1.54) is 29.7 Å². The van der Waals surface area contributed by atoms with Crippen LogP contribution < -0.4 is 4.72 Å². The molecule has 2 aromatic carbocycles. The minimum Gasteiger partial charge on any atom is -0.278 e. The molecule has 28 heavy (non-hydrogen) atoms. The molecule has 2 heterocycles. The Balaban J connectivity index is 1.83. The van der Waals surface area contributed by atoms with E-state index in [0.29, 0.717) is 10.7 Å². The lowest BCUT2D eigenvalue weighted by Gasteiger charge is -2.09. The number of nitrogens with one attached hydrogen (secondary N) is 1. The van der Waals surface area contributed by atoms with Crippen molar-refractivity contribution < 1.29 is 8.42 Å². The van der Waals surface area contributed by atoms with Crippen LogP contribution in [0.5, 0.6) is 0 Å². The zero-order valence-electron chi connectivity index (χ0n) is 14.2. The molecule has 4 aromatic rings. The van der Waals surface area contributed by atoms with Crippen LogP contribution in [0.1, 0.15) is 0 Å². The highest BCUT2D eigenvalue weighted by atomic mass is 35.5. The maximum atomic E-state index is 13.2. The Morgan fingerprint density at radius 3 is 2.50 bits per heavy atom. The van der Waals surface area contributed by atoms with Crippen LogP contribution in [0.25, 0.3) is 16.3 Å². The van der Waals surface area contributed by atoms with Gasteiger partial charge in [-0.1, -0.05) is 47.5 Å². The normalized spacial score (nSPS) is 11.5. The summed E-state index contributed by atoms with van der Waals surface area (Å²) in [6.07, 6.45) is 1.49. The first-order valence-electron chi connectivity index (χ1n) is 8.11. The number of para-hydroxylation sites is 1. The largest absolute Gasteiger partial charge is 0.278 e. The van der Waals surface area contributed by atoms with Gasteiger partial charge in [0.2, 0.25) is 0 Å². The number of hydrogen-bond donors (Lipinski definition) is 1. The molecule has 0 radical (unpaired) electrons. The van der Waals surface area contributed by atoms with E-state index in [4.69, 9.17) is 23.2 Å². The highest BCUT2D eigenvalue weighted by molar-refractivity contribution is 7.92. The molecule has 0 atom stereocenters. The number of rotatable bonds is 5. The lowest BCUT2D eigenvalue weighted by molar-refractivity contribution is 0.601. The fourth-order valence-electron chi connectivity index (χ4n) is 2.63. The van der Waals surface area contributed by atoms with E-state index in [9.17, 15) is 8.42 Å². The van der Waals surface area contributed by atoms with Crippen molar-refractivity contribution in [3.8, 4) is 16.3 Å². The standard InChI is InChI=1S/C19H13Cl2N3O2S2/c20-13-8-9-15(21)16(11-13)23-28(25,26)18-12-24(14-5-2-1-3-6-14)22-19(18)17-7-4-10-27-17/h1-12,23H. The second-order valence-corrected chi connectivity index (χ2v) is 9.27. The van der Waals surface area contributed by atoms with Crippen molar-refractivity contribution in [2.75, 3.05) is 4.72 Å². The Bertz CT molecular complexity index is 1220. The first-order chi connectivity index (χ1) is 13.4. The number of anilines is 1. The van der Waals surface area contributed by atoms with Gasteiger partial charge < -0.3 is 0 Å². The molecule has 9 heteroatoms. The Morgan fingerprint density at radius 2 is 1.79 bits per heavy atom. The van der Waals surface area contributed by atoms with Crippen LogP contribution in [0.2, 0.25) is 10.0 Å². The van der Waals surface area contributed by atoms with Gasteiger partial charge in [0.25, 0.3) is 10.0 Å². The topological polar surface area (TPSA) is 64.0 Å². The molecule has 142 valence electrons. The summed E-state index contributed by atoms with van der Waals surface area (Å²) in [4.78, 5) is 0.794. The molecule has 0 aliphatic heterocycles. The second-order valence-electron chi connectivity index (χ2n) is 5.83. The minimum absolute atomic E-state index is 0.0508. The molecule has 4 rings (SSSR count). The number of benzene rings is 2. The average molecular weight is 450 g/mol. The molecule has 0 spiro atoms. The third-order valence-corrected chi connectivity index (χ3v) is 6.73. The van der Waals surface area contributed by atoms with Gasteiger partial charge in [-0.25, -0.2) is 13.1 Å². The van der Waals surface area contributed by atoms with Crippen LogP contribution in [0, 0.1) is 0 Å². The summed E-state index contributed by atoms with van der Waals surface area (Å²) in [5, 5.41) is 7.02. The molecule has 0 saturated carbocycles. The van der Waals surface area contributed by atoms with Crippen molar-refractivity contribution in [1.29, 1.82) is 0 Å². The quantitative estimate of drug-likeness (QED) is 0.424. The molecule has 0 aliphatic carbocycles. The molecule has 0 amide bonds. The summed E-state index contributed by atoms with van der Waals surface area (Å²) >= 11 is 13.5. The number of sulfonamides is 1. The predicted octanol–water partition coefficient (Wildman–Crippen LogP) is 5.71. The summed E-state index contributed by atoms with van der Waals surface area (Å²) < 4.78 is 30.4. The Morgan fingerprint density at radius 1 is 1.00 bits per heavy atom. The van der Waals surface area contributed by atoms with Gasteiger partial charge in [0, 0.05) is 5.02 Å². The van der Waals surface area contributed by atoms with Crippen molar-refractivity contribution in [2.24, 2.45) is 0 Å². The minimum atomic E-state index is -3.97. The van der Waals surface area contributed by atoms with Gasteiger partial charge in [0.1, 0.15) is 10.6 Å². The summed E-state index contributed by atoms with van der Waals surface area (Å²) in [6, 6.07) is 17.6. The highest BCUT2D eigenvalue weighted by Gasteiger charge is 2.25. The molecule has 0 aliphatic rings. The third kappa shape index (κ3) is 3.79. The molecule has 5 nitrogen and oxygen atoms in total. The van der Waals surface area contributed by atoms with Crippen LogP contribution in [-0.2, 0) is 10.0 Å². The SMILES string of the molecule is O=S(=O)(Nc1cc(Cl)ccc1Cl)c1cn(-c2ccccc2)nc1-c1cccs1. The molecular formula is C19H13Cl2N3O2S2. The van der Waals surface area contributed by atoms with E-state index in [0.717, 1.165) is 10.6 Å². The summed E-state index contributed by atoms with van der Waals surface area (Å²) in [6.45, 7) is 0. The first kappa shape index (κ1) is 19.0. The van der Waals surface area contributed by atoms with Crippen molar-refractivity contribution in [1.82, 2.24) is 9.78 Å². The molecule has 0 unspecified atom stereocenters. The second kappa shape index (κ2) is 7.60. The van der Waals surface area contributed by atoms with Crippen LogP contribution in [0.15, 0.2) is 77.1 Å². The van der Waals surface area contributed by atoms with Crippen LogP contribution in [0.4, 0.5) is 5.69 Å². The maximum absolute atomic E-state index is 13.2. The lowest BCUT2D eigenvalue weighted by atomic mass is 10.3. The van der Waals surface area contributed by atoms with Crippen molar-refractivity contribution >= 4 is 50.2 Å². The molecule has 0 bridgehead atoms. The van der Waals surface area contributed by atoms with Gasteiger partial charge in [-0.2, -0.15) is 5.10 Å². The molecular weight excluding hydrogens is 437 g/mol. The van der Waals surface area contributed by atoms with Gasteiger partial charge in [-0.05, 0) is 41.8 Å². The Labute approximate surface area is 176 Å². The van der Waals surface area contributed by atoms with E-state index in [1.54, 1.807) is 10.7 Å². The van der Waals surface area contributed by atoms with E-state index < -0.39 is 10.0 Å². The van der Waals surface area contributed by atoms with Gasteiger partial charge in [0.15, 0.2) is 0 Å². The van der Waals surface area contributed by atoms with Crippen molar-refractivity contribution in [2.45, 2.75) is 4.90 Å². The smallest absolute Gasteiger partial charge is 0.265 e. The average Bonchev–Trinajstić information content (AvgIpc) is 3.35. The lowest BCUT2D eigenvalue weighted by Crippen LogP contribution is -2.13. The van der Waals surface area contributed by atoms with Crippen molar-refractivity contribution in [3.05, 3.63) is 82.3 Å². The third-order valence-electron chi connectivity index (χ3n) is 3.92. The Kier molecular flexibility index (Phi) is 5.16. The first-order valence-corrected chi connectivity index (χ1v) is 11.2. The molecule has 1 N–H and O–H groups in total. The van der Waals surface area contributed by atoms with Gasteiger partial charge in [-0.3, -0.25) is 4.72 Å². The molecule has 0 fully saturated rings. The number of thiophene rings is 1. The summed E-state index contributed by atoms with van der Waals surface area (Å²) in [7, 11) is -3.97. The number of aromatic nitrogens is 2. The van der Waals surface area contributed by atoms with Gasteiger partial charge in [0.05, 0.1) is 27.5 Å². The number of halogens is 2. The zero-order valence-corrected chi connectivity index (χ0v) is 17.4. The molecule has 2 aromatic heterocycles. The number of hydrogen-bond acceptors (Lipinski definition) is 4. The van der Waals surface area contributed by atoms with Gasteiger partial charge in [-0.15, -0.1) is 11.3 Å². The predicted molar refractivity (Wildman–Crippen MR) is 114 cm³/mol. The summed E-state index contributed by atoms with van der Waals surface area (Å²) in [5.74, 6) is 0. The fourth-order valence-corrected chi connectivity index (χ4v) is 5.02.